The van der Waals surface area contributed by atoms with Gasteiger partial charge in [-0.25, -0.2) is 4.90 Å². The summed E-state index contributed by atoms with van der Waals surface area (Å²) in [5.74, 6) is -3.67. The number of methoxy groups -OCH3 is 1. The molecule has 2 aliphatic carbocycles. The van der Waals surface area contributed by atoms with Gasteiger partial charge in [0.2, 0.25) is 11.8 Å². The number of ether oxygens (including phenoxy) is 1. The van der Waals surface area contributed by atoms with E-state index in [2.05, 4.69) is 0 Å². The van der Waals surface area contributed by atoms with Gasteiger partial charge in [-0.2, -0.15) is 0 Å². The van der Waals surface area contributed by atoms with Crippen LogP contribution in [0.2, 0.25) is 0 Å². The lowest BCUT2D eigenvalue weighted by Gasteiger charge is -2.39. The Bertz CT molecular complexity index is 2140. The molecule has 0 spiro atoms. The Balaban J connectivity index is 1.54. The van der Waals surface area contributed by atoms with Gasteiger partial charge >= 0.3 is 0 Å². The van der Waals surface area contributed by atoms with Crippen LogP contribution in [0.3, 0.4) is 0 Å². The molecule has 1 heterocycles. The van der Waals surface area contributed by atoms with E-state index in [0.717, 1.165) is 27.2 Å². The first kappa shape index (κ1) is 31.1. The third-order valence-electron chi connectivity index (χ3n) is 10.7. The van der Waals surface area contributed by atoms with Gasteiger partial charge in [0.1, 0.15) is 11.4 Å². The van der Waals surface area contributed by atoms with E-state index in [0.29, 0.717) is 22.3 Å². The summed E-state index contributed by atoms with van der Waals surface area (Å²) in [5.41, 5.74) is 2.64. The summed E-state index contributed by atoms with van der Waals surface area (Å²) >= 11 is 0. The number of rotatable bonds is 7. The first-order valence-corrected chi connectivity index (χ1v) is 16.4. The fraction of sp³-hybridized carbons (Fsp3) is 0.167. The van der Waals surface area contributed by atoms with E-state index in [1.165, 1.54) is 25.3 Å². The quantitative estimate of drug-likeness (QED) is 0.102. The van der Waals surface area contributed by atoms with Crippen LogP contribution in [0, 0.1) is 35.8 Å². The zero-order valence-electron chi connectivity index (χ0n) is 27.6. The Morgan fingerprint density at radius 3 is 1.48 bits per heavy atom. The second kappa shape index (κ2) is 11.2. The lowest BCUT2D eigenvalue weighted by atomic mass is 9.59. The summed E-state index contributed by atoms with van der Waals surface area (Å²) in [4.78, 5) is 58.9. The fourth-order valence-corrected chi connectivity index (χ4v) is 8.77. The van der Waals surface area contributed by atoms with Gasteiger partial charge in [-0.05, 0) is 53.3 Å². The molecule has 5 aromatic rings. The van der Waals surface area contributed by atoms with E-state index >= 15 is 14.4 Å². The SMILES string of the molecule is COc1ccc([N+](=O)[O-])cc1N1C(=O)[C@H]2[C@H](C1=O)[C@@]1(c3ccccc3)C(=O)[C@@]2(c2ccccc2)C(c2ccc(C)cc2)=C1c1ccc(C)cc1. The predicted molar refractivity (Wildman–Crippen MR) is 190 cm³/mol. The van der Waals surface area contributed by atoms with Crippen LogP contribution < -0.4 is 9.64 Å². The highest BCUT2D eigenvalue weighted by atomic mass is 16.6. The summed E-state index contributed by atoms with van der Waals surface area (Å²) < 4.78 is 5.58. The van der Waals surface area contributed by atoms with Crippen LogP contribution in [0.5, 0.6) is 5.75 Å². The molecular weight excluding hydrogens is 628 g/mol. The number of carbonyl (C=O) groups is 3. The maximum Gasteiger partial charge on any atom is 0.271 e. The molecule has 2 bridgehead atoms. The lowest BCUT2D eigenvalue weighted by Crippen LogP contribution is -2.45. The maximum atomic E-state index is 16.0. The van der Waals surface area contributed by atoms with E-state index in [1.807, 2.05) is 123 Å². The van der Waals surface area contributed by atoms with E-state index in [-0.39, 0.29) is 22.9 Å². The highest BCUT2D eigenvalue weighted by molar-refractivity contribution is 6.39. The molecule has 8 nitrogen and oxygen atoms in total. The molecule has 246 valence electrons. The van der Waals surface area contributed by atoms with E-state index in [4.69, 9.17) is 4.74 Å². The molecule has 2 amide bonds. The fourth-order valence-electron chi connectivity index (χ4n) is 8.77. The average Bonchev–Trinajstić information content (AvgIpc) is 3.64. The topological polar surface area (TPSA) is 107 Å². The molecule has 4 atom stereocenters. The number of anilines is 1. The maximum absolute atomic E-state index is 16.0. The van der Waals surface area contributed by atoms with Crippen LogP contribution in [-0.2, 0) is 25.2 Å². The number of hydrogen-bond acceptors (Lipinski definition) is 6. The van der Waals surface area contributed by atoms with Crippen molar-refractivity contribution in [1.29, 1.82) is 0 Å². The normalized spacial score (nSPS) is 23.8. The zero-order valence-corrected chi connectivity index (χ0v) is 27.6. The Morgan fingerprint density at radius 1 is 0.640 bits per heavy atom. The van der Waals surface area contributed by atoms with Gasteiger partial charge in [-0.15, -0.1) is 0 Å². The molecule has 5 aromatic carbocycles. The number of Topliss-reactive ketones (excluding diaryl/α,β-unsaturated/α-hetero) is 1. The van der Waals surface area contributed by atoms with Gasteiger partial charge in [-0.1, -0.05) is 120 Å². The first-order valence-electron chi connectivity index (χ1n) is 16.4. The van der Waals surface area contributed by atoms with Crippen molar-refractivity contribution in [3.63, 3.8) is 0 Å². The molecule has 2 fully saturated rings. The summed E-state index contributed by atoms with van der Waals surface area (Å²) in [5, 5.41) is 11.9. The number of aryl methyl sites for hydroxylation is 2. The monoisotopic (exact) mass is 660 g/mol. The second-order valence-corrected chi connectivity index (χ2v) is 13.2. The Labute approximate surface area is 288 Å². The number of benzene rings is 5. The van der Waals surface area contributed by atoms with Gasteiger partial charge < -0.3 is 4.74 Å². The third kappa shape index (κ3) is 3.96. The van der Waals surface area contributed by atoms with E-state index in [1.54, 1.807) is 0 Å². The summed E-state index contributed by atoms with van der Waals surface area (Å²) in [6.07, 6.45) is 0. The van der Waals surface area contributed by atoms with Gasteiger partial charge in [0.15, 0.2) is 5.78 Å². The number of allylic oxidation sites excluding steroid dienone is 2. The van der Waals surface area contributed by atoms with Crippen LogP contribution in [0.1, 0.15) is 33.4 Å². The molecule has 0 radical (unpaired) electrons. The van der Waals surface area contributed by atoms with Gasteiger partial charge in [0.05, 0.1) is 34.7 Å². The zero-order chi connectivity index (χ0) is 34.9. The van der Waals surface area contributed by atoms with E-state index < -0.39 is 39.4 Å². The molecule has 8 heteroatoms. The average molecular weight is 661 g/mol. The number of amides is 2. The molecular formula is C42H32N2O6. The van der Waals surface area contributed by atoms with Crippen LogP contribution in [0.4, 0.5) is 11.4 Å². The van der Waals surface area contributed by atoms with E-state index in [9.17, 15) is 10.1 Å². The highest BCUT2D eigenvalue weighted by Crippen LogP contribution is 2.74. The van der Waals surface area contributed by atoms with Crippen molar-refractivity contribution in [3.8, 4) is 5.75 Å². The third-order valence-corrected chi connectivity index (χ3v) is 10.7. The minimum absolute atomic E-state index is 0.0295. The van der Waals surface area contributed by atoms with Crippen LogP contribution >= 0.6 is 0 Å². The van der Waals surface area contributed by atoms with Crippen molar-refractivity contribution in [2.24, 2.45) is 11.8 Å². The number of carbonyl (C=O) groups excluding carboxylic acids is 3. The number of imide groups is 1. The molecule has 50 heavy (non-hydrogen) atoms. The molecule has 0 unspecified atom stereocenters. The number of nitro benzene ring substituents is 1. The summed E-state index contributed by atoms with van der Waals surface area (Å²) in [6.45, 7) is 3.98. The second-order valence-electron chi connectivity index (χ2n) is 13.2. The minimum atomic E-state index is -1.59. The predicted octanol–water partition coefficient (Wildman–Crippen LogP) is 7.41. The summed E-state index contributed by atoms with van der Waals surface area (Å²) in [7, 11) is 1.38. The number of hydrogen-bond donors (Lipinski definition) is 0. The molecule has 1 saturated carbocycles. The smallest absolute Gasteiger partial charge is 0.271 e. The first-order chi connectivity index (χ1) is 24.2. The number of fused-ring (bicyclic) bond motifs is 5. The molecule has 3 aliphatic rings. The van der Waals surface area contributed by atoms with Gasteiger partial charge in [0.25, 0.3) is 5.69 Å². The van der Waals surface area contributed by atoms with Crippen LogP contribution in [0.25, 0.3) is 11.1 Å². The van der Waals surface area contributed by atoms with Crippen molar-refractivity contribution >= 4 is 40.1 Å². The van der Waals surface area contributed by atoms with Crippen molar-refractivity contribution in [1.82, 2.24) is 0 Å². The van der Waals surface area contributed by atoms with Gasteiger partial charge in [-0.3, -0.25) is 24.5 Å². The van der Waals surface area contributed by atoms with Crippen LogP contribution in [0.15, 0.2) is 127 Å². The molecule has 1 aliphatic heterocycles. The Hall–Kier alpha value is -6.15. The number of nitrogens with zero attached hydrogens (tertiary/aromatic N) is 2. The van der Waals surface area contributed by atoms with Crippen molar-refractivity contribution in [3.05, 3.63) is 171 Å². The molecule has 0 N–H and O–H groups in total. The largest absolute Gasteiger partial charge is 0.495 e. The van der Waals surface area contributed by atoms with Gasteiger partial charge in [0, 0.05) is 12.1 Å². The molecule has 1 saturated heterocycles. The van der Waals surface area contributed by atoms with Crippen molar-refractivity contribution < 1.29 is 24.0 Å². The number of ketones is 1. The molecule has 8 rings (SSSR count). The lowest BCUT2D eigenvalue weighted by molar-refractivity contribution is -0.384. The Morgan fingerprint density at radius 2 is 1.08 bits per heavy atom. The number of nitro groups is 1. The van der Waals surface area contributed by atoms with Crippen LogP contribution in [-0.4, -0.2) is 29.6 Å². The summed E-state index contributed by atoms with van der Waals surface area (Å²) in [6, 6.07) is 38.2. The Kier molecular flexibility index (Phi) is 6.98. The van der Waals surface area contributed by atoms with Crippen molar-refractivity contribution in [2.75, 3.05) is 12.0 Å². The minimum Gasteiger partial charge on any atom is -0.495 e. The molecule has 0 aromatic heterocycles. The highest BCUT2D eigenvalue weighted by Gasteiger charge is 2.82. The number of non-ortho nitro benzene ring substituents is 1. The standard InChI is InChI=1S/C42H32N2O6/c1-25-14-18-27(19-15-25)34-35(28-20-16-26(2)17-21-28)42(30-12-8-5-9-13-30)37-36(41(34,40(42)47)29-10-6-4-7-11-29)38(45)43(39(37)46)32-24-31(44(48)49)22-23-33(32)50-3/h4-24,36-37H,1-3H3/t36-,37-,41+,42+/m1/s1. The van der Waals surface area contributed by atoms with Crippen molar-refractivity contribution in [2.45, 2.75) is 24.7 Å².